The van der Waals surface area contributed by atoms with Crippen molar-refractivity contribution in [3.05, 3.63) is 34.3 Å². The molecule has 0 saturated heterocycles. The molecule has 6 heteroatoms. The molecule has 1 aromatic rings. The van der Waals surface area contributed by atoms with E-state index in [-0.39, 0.29) is 11.7 Å². The van der Waals surface area contributed by atoms with Gasteiger partial charge >= 0.3 is 0 Å². The molecule has 1 rings (SSSR count). The van der Waals surface area contributed by atoms with Crippen molar-refractivity contribution in [2.24, 2.45) is 5.92 Å². The van der Waals surface area contributed by atoms with Crippen molar-refractivity contribution in [1.82, 2.24) is 4.72 Å². The van der Waals surface area contributed by atoms with E-state index in [1.807, 2.05) is 31.2 Å². The zero-order chi connectivity index (χ0) is 12.9. The van der Waals surface area contributed by atoms with Crippen molar-refractivity contribution in [3.63, 3.8) is 0 Å². The summed E-state index contributed by atoms with van der Waals surface area (Å²) in [6.07, 6.45) is 0. The van der Waals surface area contributed by atoms with Crippen LogP contribution in [-0.2, 0) is 16.6 Å². The Hall–Kier alpha value is -0.100. The molecule has 0 heterocycles. The molecule has 0 saturated carbocycles. The lowest BCUT2D eigenvalue weighted by Crippen LogP contribution is -2.29. The first kappa shape index (κ1) is 15.0. The number of rotatable bonds is 6. The van der Waals surface area contributed by atoms with Crippen LogP contribution in [0.25, 0.3) is 0 Å². The third kappa shape index (κ3) is 5.86. The third-order valence-electron chi connectivity index (χ3n) is 2.15. The summed E-state index contributed by atoms with van der Waals surface area (Å²) in [7, 11) is -3.25. The van der Waals surface area contributed by atoms with Gasteiger partial charge in [-0.15, -0.1) is 11.6 Å². The maximum absolute atomic E-state index is 11.7. The summed E-state index contributed by atoms with van der Waals surface area (Å²) in [5, 5.41) is 0. The number of sulfonamides is 1. The predicted octanol–water partition coefficient (Wildman–Crippen LogP) is 2.74. The molecule has 0 aliphatic rings. The number of nitrogens with one attached hydrogen (secondary N) is 1. The smallest absolute Gasteiger partial charge is 0.212 e. The molecule has 1 unspecified atom stereocenters. The van der Waals surface area contributed by atoms with Crippen molar-refractivity contribution >= 4 is 37.6 Å². The fraction of sp³-hybridized carbons (Fsp3) is 0.455. The number of halogens is 2. The summed E-state index contributed by atoms with van der Waals surface area (Å²) in [6.45, 7) is 2.11. The first-order chi connectivity index (χ1) is 7.93. The van der Waals surface area contributed by atoms with Gasteiger partial charge in [0.25, 0.3) is 0 Å². The Balaban J connectivity index is 2.55. The molecule has 1 aromatic carbocycles. The van der Waals surface area contributed by atoms with E-state index < -0.39 is 10.0 Å². The van der Waals surface area contributed by atoms with E-state index in [2.05, 4.69) is 20.7 Å². The molecule has 0 aliphatic carbocycles. The van der Waals surface area contributed by atoms with Crippen molar-refractivity contribution in [2.45, 2.75) is 13.5 Å². The Labute approximate surface area is 116 Å². The molecule has 0 radical (unpaired) electrons. The molecule has 0 aliphatic heterocycles. The molecule has 0 aromatic heterocycles. The fourth-order valence-corrected chi connectivity index (χ4v) is 3.37. The second kappa shape index (κ2) is 6.73. The third-order valence-corrected chi connectivity index (χ3v) is 4.76. The van der Waals surface area contributed by atoms with Gasteiger partial charge in [-0.05, 0) is 23.6 Å². The summed E-state index contributed by atoms with van der Waals surface area (Å²) in [5.74, 6) is 0.360. The zero-order valence-electron chi connectivity index (χ0n) is 9.49. The largest absolute Gasteiger partial charge is 0.212 e. The van der Waals surface area contributed by atoms with Crippen LogP contribution in [-0.4, -0.2) is 20.1 Å². The Bertz CT molecular complexity index is 464. The van der Waals surface area contributed by atoms with Crippen molar-refractivity contribution < 1.29 is 8.42 Å². The van der Waals surface area contributed by atoms with Gasteiger partial charge in [-0.1, -0.05) is 35.0 Å². The van der Waals surface area contributed by atoms with Gasteiger partial charge in [-0.2, -0.15) is 0 Å². The van der Waals surface area contributed by atoms with E-state index in [1.54, 1.807) is 0 Å². The lowest BCUT2D eigenvalue weighted by molar-refractivity contribution is 0.568. The quantitative estimate of drug-likeness (QED) is 0.809. The van der Waals surface area contributed by atoms with E-state index >= 15 is 0 Å². The van der Waals surface area contributed by atoms with Crippen LogP contribution >= 0.6 is 27.5 Å². The molecule has 0 amide bonds. The van der Waals surface area contributed by atoms with Crippen molar-refractivity contribution in [3.8, 4) is 0 Å². The van der Waals surface area contributed by atoms with Crippen LogP contribution in [0.3, 0.4) is 0 Å². The highest BCUT2D eigenvalue weighted by Gasteiger charge is 2.14. The summed E-state index contributed by atoms with van der Waals surface area (Å²) in [4.78, 5) is 0. The monoisotopic (exact) mass is 339 g/mol. The lowest BCUT2D eigenvalue weighted by Gasteiger charge is -2.10. The number of benzene rings is 1. The SMILES string of the molecule is CC(CCl)CS(=O)(=O)NCc1cccc(Br)c1. The molecular formula is C11H15BrClNO2S. The van der Waals surface area contributed by atoms with Gasteiger partial charge in [-0.3, -0.25) is 0 Å². The number of hydrogen-bond donors (Lipinski definition) is 1. The number of alkyl halides is 1. The van der Waals surface area contributed by atoms with E-state index in [1.165, 1.54) is 0 Å². The molecule has 1 N–H and O–H groups in total. The first-order valence-corrected chi connectivity index (χ1v) is 8.18. The predicted molar refractivity (Wildman–Crippen MR) is 74.7 cm³/mol. The molecule has 3 nitrogen and oxygen atoms in total. The highest BCUT2D eigenvalue weighted by molar-refractivity contribution is 9.10. The highest BCUT2D eigenvalue weighted by atomic mass is 79.9. The van der Waals surface area contributed by atoms with Crippen LogP contribution in [0.4, 0.5) is 0 Å². The summed E-state index contributed by atoms with van der Waals surface area (Å²) < 4.78 is 26.8. The topological polar surface area (TPSA) is 46.2 Å². The van der Waals surface area contributed by atoms with Gasteiger partial charge in [-0.25, -0.2) is 13.1 Å². The van der Waals surface area contributed by atoms with Crippen molar-refractivity contribution in [1.29, 1.82) is 0 Å². The van der Waals surface area contributed by atoms with E-state index in [0.29, 0.717) is 12.4 Å². The fourth-order valence-electron chi connectivity index (χ4n) is 1.32. The Morgan fingerprint density at radius 2 is 2.18 bits per heavy atom. The normalized spacial score (nSPS) is 13.6. The average molecular weight is 341 g/mol. The molecule has 0 spiro atoms. The Morgan fingerprint density at radius 1 is 1.47 bits per heavy atom. The van der Waals surface area contributed by atoms with Gasteiger partial charge in [0.15, 0.2) is 0 Å². The molecule has 0 fully saturated rings. The molecule has 17 heavy (non-hydrogen) atoms. The van der Waals surface area contributed by atoms with E-state index in [4.69, 9.17) is 11.6 Å². The number of hydrogen-bond acceptors (Lipinski definition) is 2. The Morgan fingerprint density at radius 3 is 2.76 bits per heavy atom. The average Bonchev–Trinajstić information content (AvgIpc) is 2.26. The van der Waals surface area contributed by atoms with Crippen LogP contribution in [0, 0.1) is 5.92 Å². The maximum atomic E-state index is 11.7. The van der Waals surface area contributed by atoms with Gasteiger partial charge in [0, 0.05) is 16.9 Å². The van der Waals surface area contributed by atoms with Crippen LogP contribution in [0.1, 0.15) is 12.5 Å². The summed E-state index contributed by atoms with van der Waals surface area (Å²) in [6, 6.07) is 7.52. The molecule has 1 atom stereocenters. The minimum Gasteiger partial charge on any atom is -0.212 e. The van der Waals surface area contributed by atoms with Gasteiger partial charge in [0.1, 0.15) is 0 Å². The lowest BCUT2D eigenvalue weighted by atomic mass is 10.2. The van der Waals surface area contributed by atoms with E-state index in [0.717, 1.165) is 10.0 Å². The van der Waals surface area contributed by atoms with Gasteiger partial charge in [0.2, 0.25) is 10.0 Å². The Kier molecular flexibility index (Phi) is 5.92. The van der Waals surface area contributed by atoms with Crippen LogP contribution in [0.15, 0.2) is 28.7 Å². The first-order valence-electron chi connectivity index (χ1n) is 5.20. The summed E-state index contributed by atoms with van der Waals surface area (Å²) >= 11 is 8.94. The highest BCUT2D eigenvalue weighted by Crippen LogP contribution is 2.12. The van der Waals surface area contributed by atoms with Crippen LogP contribution < -0.4 is 4.72 Å². The van der Waals surface area contributed by atoms with Crippen LogP contribution in [0.2, 0.25) is 0 Å². The minimum atomic E-state index is -3.25. The minimum absolute atomic E-state index is 0.0447. The van der Waals surface area contributed by atoms with Gasteiger partial charge in [0.05, 0.1) is 5.75 Å². The molecule has 0 bridgehead atoms. The van der Waals surface area contributed by atoms with E-state index in [9.17, 15) is 8.42 Å². The molecular weight excluding hydrogens is 326 g/mol. The van der Waals surface area contributed by atoms with Crippen molar-refractivity contribution in [2.75, 3.05) is 11.6 Å². The second-order valence-corrected chi connectivity index (χ2v) is 7.07. The zero-order valence-corrected chi connectivity index (χ0v) is 12.6. The second-order valence-electron chi connectivity index (χ2n) is 3.99. The standard InChI is InChI=1S/C11H15BrClNO2S/c1-9(6-13)8-17(15,16)14-7-10-3-2-4-11(12)5-10/h2-5,9,14H,6-8H2,1H3. The summed E-state index contributed by atoms with van der Waals surface area (Å²) in [5.41, 5.74) is 0.918. The van der Waals surface area contributed by atoms with Crippen LogP contribution in [0.5, 0.6) is 0 Å². The maximum Gasteiger partial charge on any atom is 0.212 e. The molecule has 96 valence electrons. The van der Waals surface area contributed by atoms with Gasteiger partial charge < -0.3 is 0 Å².